The maximum absolute atomic E-state index is 5.29. The molecule has 0 unspecified atom stereocenters. The number of rotatable bonds is 3. The fourth-order valence-electron chi connectivity index (χ4n) is 0.963. The Bertz CT molecular complexity index is 270. The number of hydrogen-bond acceptors (Lipinski definition) is 3. The molecule has 0 fully saturated rings. The summed E-state index contributed by atoms with van der Waals surface area (Å²) in [6.07, 6.45) is 0. The van der Waals surface area contributed by atoms with Gasteiger partial charge in [0, 0.05) is 5.56 Å². The van der Waals surface area contributed by atoms with Gasteiger partial charge in [0.1, 0.15) is 7.11 Å². The molecule has 13 heavy (non-hydrogen) atoms. The number of hydrogen-bond donors (Lipinski definition) is 0. The summed E-state index contributed by atoms with van der Waals surface area (Å²) in [6, 6.07) is 9.65. The summed E-state index contributed by atoms with van der Waals surface area (Å²) in [5, 5.41) is 3.78. The predicted molar refractivity (Wildman–Crippen MR) is 51.6 cm³/mol. The van der Waals surface area contributed by atoms with Gasteiger partial charge in [-0.25, -0.2) is 0 Å². The molecule has 0 aromatic heterocycles. The highest BCUT2D eigenvalue weighted by molar-refractivity contribution is 5.93. The van der Waals surface area contributed by atoms with Crippen LogP contribution in [-0.2, 0) is 9.57 Å². The summed E-state index contributed by atoms with van der Waals surface area (Å²) >= 11 is 0. The molecule has 0 aliphatic rings. The van der Waals surface area contributed by atoms with E-state index in [0.717, 1.165) is 5.56 Å². The lowest BCUT2D eigenvalue weighted by molar-refractivity contribution is 0.194. The van der Waals surface area contributed by atoms with Gasteiger partial charge in [-0.2, -0.15) is 0 Å². The van der Waals surface area contributed by atoms with Crippen LogP contribution in [0.1, 0.15) is 12.5 Å². The van der Waals surface area contributed by atoms with E-state index in [1.807, 2.05) is 37.3 Å². The Morgan fingerprint density at radius 2 is 2.00 bits per heavy atom. The Kier molecular flexibility index (Phi) is 3.82. The number of benzene rings is 1. The summed E-state index contributed by atoms with van der Waals surface area (Å²) < 4.78 is 5.29. The zero-order chi connectivity index (χ0) is 9.52. The quantitative estimate of drug-likeness (QED) is 0.404. The van der Waals surface area contributed by atoms with E-state index in [1.165, 1.54) is 7.11 Å². The molecule has 0 radical (unpaired) electrons. The zero-order valence-corrected chi connectivity index (χ0v) is 7.86. The van der Waals surface area contributed by atoms with E-state index >= 15 is 0 Å². The predicted octanol–water partition coefficient (Wildman–Crippen LogP) is 2.03. The first-order chi connectivity index (χ1) is 6.38. The molecule has 0 saturated heterocycles. The third-order valence-corrected chi connectivity index (χ3v) is 1.48. The van der Waals surface area contributed by atoms with Crippen molar-refractivity contribution in [2.24, 2.45) is 5.16 Å². The van der Waals surface area contributed by atoms with Gasteiger partial charge in [0.25, 0.3) is 5.90 Å². The van der Waals surface area contributed by atoms with E-state index in [4.69, 9.17) is 4.74 Å². The van der Waals surface area contributed by atoms with Gasteiger partial charge in [0.15, 0.2) is 0 Å². The maximum Gasteiger partial charge on any atom is 0.257 e. The van der Waals surface area contributed by atoms with Crippen LogP contribution < -0.4 is 0 Å². The first kappa shape index (κ1) is 9.58. The smallest absolute Gasteiger partial charge is 0.257 e. The van der Waals surface area contributed by atoms with E-state index in [2.05, 4.69) is 9.99 Å². The van der Waals surface area contributed by atoms with Gasteiger partial charge in [0.05, 0.1) is 6.61 Å². The minimum Gasteiger partial charge on any atom is -0.475 e. The van der Waals surface area contributed by atoms with Gasteiger partial charge in [-0.3, -0.25) is 0 Å². The van der Waals surface area contributed by atoms with Crippen molar-refractivity contribution in [3.05, 3.63) is 35.9 Å². The molecule has 0 spiro atoms. The minimum atomic E-state index is 0.519. The highest BCUT2D eigenvalue weighted by Gasteiger charge is 2.02. The molecular weight excluding hydrogens is 166 g/mol. The van der Waals surface area contributed by atoms with Gasteiger partial charge in [-0.1, -0.05) is 18.2 Å². The second-order valence-electron chi connectivity index (χ2n) is 2.38. The van der Waals surface area contributed by atoms with Crippen molar-refractivity contribution in [1.29, 1.82) is 0 Å². The van der Waals surface area contributed by atoms with E-state index in [-0.39, 0.29) is 0 Å². The Morgan fingerprint density at radius 3 is 2.54 bits per heavy atom. The molecular formula is C10H13NO2. The maximum atomic E-state index is 5.29. The topological polar surface area (TPSA) is 30.8 Å². The molecule has 3 nitrogen and oxygen atoms in total. The van der Waals surface area contributed by atoms with Crippen LogP contribution in [0, 0.1) is 0 Å². The van der Waals surface area contributed by atoms with Crippen molar-refractivity contribution >= 4 is 5.90 Å². The second kappa shape index (κ2) is 5.19. The van der Waals surface area contributed by atoms with Crippen LogP contribution >= 0.6 is 0 Å². The molecule has 1 aromatic rings. The largest absolute Gasteiger partial charge is 0.475 e. The average Bonchev–Trinajstić information content (AvgIpc) is 2.19. The van der Waals surface area contributed by atoms with Gasteiger partial charge < -0.3 is 9.57 Å². The average molecular weight is 179 g/mol. The lowest BCUT2D eigenvalue weighted by Gasteiger charge is -2.05. The van der Waals surface area contributed by atoms with Crippen molar-refractivity contribution in [2.45, 2.75) is 6.92 Å². The fourth-order valence-corrected chi connectivity index (χ4v) is 0.963. The van der Waals surface area contributed by atoms with Crippen LogP contribution in [-0.4, -0.2) is 19.6 Å². The Hall–Kier alpha value is -1.51. The summed E-state index contributed by atoms with van der Waals surface area (Å²) in [7, 11) is 1.50. The number of oxime groups is 1. The van der Waals surface area contributed by atoms with Crippen molar-refractivity contribution in [2.75, 3.05) is 13.7 Å². The summed E-state index contributed by atoms with van der Waals surface area (Å²) in [4.78, 5) is 4.67. The molecule has 0 heterocycles. The summed E-state index contributed by atoms with van der Waals surface area (Å²) in [5.74, 6) is 0.519. The number of ether oxygens (including phenoxy) is 1. The molecule has 0 bridgehead atoms. The highest BCUT2D eigenvalue weighted by atomic mass is 16.6. The van der Waals surface area contributed by atoms with Gasteiger partial charge in [-0.15, -0.1) is 0 Å². The van der Waals surface area contributed by atoms with E-state index in [1.54, 1.807) is 0 Å². The molecule has 0 atom stereocenters. The Labute approximate surface area is 78.0 Å². The van der Waals surface area contributed by atoms with Crippen LogP contribution in [0.15, 0.2) is 35.5 Å². The van der Waals surface area contributed by atoms with Crippen LogP contribution in [0.25, 0.3) is 0 Å². The van der Waals surface area contributed by atoms with Crippen LogP contribution in [0.3, 0.4) is 0 Å². The van der Waals surface area contributed by atoms with Crippen molar-refractivity contribution in [3.8, 4) is 0 Å². The number of nitrogens with zero attached hydrogens (tertiary/aromatic N) is 1. The minimum absolute atomic E-state index is 0.519. The fraction of sp³-hybridized carbons (Fsp3) is 0.300. The standard InChI is InChI=1S/C10H13NO2/c1-3-13-10(11-12-2)9-7-5-4-6-8-9/h4-8H,3H2,1-2H3/b11-10-. The Morgan fingerprint density at radius 1 is 1.31 bits per heavy atom. The van der Waals surface area contributed by atoms with Crippen molar-refractivity contribution in [3.63, 3.8) is 0 Å². The van der Waals surface area contributed by atoms with E-state index in [0.29, 0.717) is 12.5 Å². The first-order valence-electron chi connectivity index (χ1n) is 4.18. The molecule has 1 rings (SSSR count). The van der Waals surface area contributed by atoms with E-state index in [9.17, 15) is 0 Å². The van der Waals surface area contributed by atoms with Gasteiger partial charge in [-0.05, 0) is 24.2 Å². The third kappa shape index (κ3) is 2.78. The molecule has 0 amide bonds. The molecule has 3 heteroatoms. The van der Waals surface area contributed by atoms with Gasteiger partial charge >= 0.3 is 0 Å². The lowest BCUT2D eigenvalue weighted by Crippen LogP contribution is -2.06. The zero-order valence-electron chi connectivity index (χ0n) is 7.86. The normalized spacial score (nSPS) is 11.1. The van der Waals surface area contributed by atoms with Crippen molar-refractivity contribution in [1.82, 2.24) is 0 Å². The molecule has 0 N–H and O–H groups in total. The SMILES string of the molecule is CCO/C(=N\OC)c1ccccc1. The lowest BCUT2D eigenvalue weighted by atomic mass is 10.2. The monoisotopic (exact) mass is 179 g/mol. The molecule has 1 aromatic carbocycles. The summed E-state index contributed by atoms with van der Waals surface area (Å²) in [6.45, 7) is 2.49. The van der Waals surface area contributed by atoms with Gasteiger partial charge in [0.2, 0.25) is 0 Å². The highest BCUT2D eigenvalue weighted by Crippen LogP contribution is 2.02. The Balaban J connectivity index is 2.83. The molecule has 70 valence electrons. The molecule has 0 aliphatic carbocycles. The van der Waals surface area contributed by atoms with Crippen LogP contribution in [0.4, 0.5) is 0 Å². The second-order valence-corrected chi connectivity index (χ2v) is 2.38. The van der Waals surface area contributed by atoms with Crippen LogP contribution in [0.2, 0.25) is 0 Å². The molecule has 0 aliphatic heterocycles. The van der Waals surface area contributed by atoms with Crippen LogP contribution in [0.5, 0.6) is 0 Å². The third-order valence-electron chi connectivity index (χ3n) is 1.48. The first-order valence-corrected chi connectivity index (χ1v) is 4.18. The summed E-state index contributed by atoms with van der Waals surface area (Å²) in [5.41, 5.74) is 0.922. The van der Waals surface area contributed by atoms with E-state index < -0.39 is 0 Å². The molecule has 0 saturated carbocycles. The van der Waals surface area contributed by atoms with Crippen molar-refractivity contribution < 1.29 is 9.57 Å².